The van der Waals surface area contributed by atoms with Gasteiger partial charge in [-0.05, 0) is 31.0 Å². The molecule has 0 bridgehead atoms. The first-order chi connectivity index (χ1) is 15.2. The van der Waals surface area contributed by atoms with Crippen molar-refractivity contribution < 1.29 is 18.0 Å². The lowest BCUT2D eigenvalue weighted by Gasteiger charge is -2.39. The summed E-state index contributed by atoms with van der Waals surface area (Å²) < 4.78 is 38.5. The molecule has 4 heterocycles. The number of carbonyl (C=O) groups is 1. The fraction of sp³-hybridized carbons (Fsp3) is 0.476. The molecule has 32 heavy (non-hydrogen) atoms. The van der Waals surface area contributed by atoms with Crippen molar-refractivity contribution in [3.05, 3.63) is 46.2 Å². The van der Waals surface area contributed by atoms with Crippen LogP contribution in [0, 0.1) is 5.92 Å². The Morgan fingerprint density at radius 3 is 2.16 bits per heavy atom. The van der Waals surface area contributed by atoms with Gasteiger partial charge in [-0.15, -0.1) is 0 Å². The van der Waals surface area contributed by atoms with Gasteiger partial charge in [0.15, 0.2) is 0 Å². The second-order valence-corrected chi connectivity index (χ2v) is 8.72. The van der Waals surface area contributed by atoms with Crippen LogP contribution in [0.3, 0.4) is 0 Å². The molecule has 2 saturated heterocycles. The number of piperidine rings is 1. The van der Waals surface area contributed by atoms with Crippen LogP contribution in [0.4, 0.5) is 24.8 Å². The quantitative estimate of drug-likeness (QED) is 0.643. The molecule has 2 aromatic rings. The molecule has 2 aliphatic rings. The molecule has 0 spiro atoms. The number of amides is 1. The Balaban J connectivity index is 1.31. The summed E-state index contributed by atoms with van der Waals surface area (Å²) >= 11 is 12.3. The van der Waals surface area contributed by atoms with Crippen LogP contribution in [0.15, 0.2) is 30.6 Å². The topological polar surface area (TPSA) is 52.6 Å². The van der Waals surface area contributed by atoms with Crippen molar-refractivity contribution in [1.82, 2.24) is 14.9 Å². The van der Waals surface area contributed by atoms with E-state index in [9.17, 15) is 18.0 Å². The smallest absolute Gasteiger partial charge is 0.355 e. The molecule has 11 heteroatoms. The zero-order valence-corrected chi connectivity index (χ0v) is 18.7. The first-order valence-corrected chi connectivity index (χ1v) is 11.1. The lowest BCUT2D eigenvalue weighted by molar-refractivity contribution is -0.138. The number of aromatic nitrogens is 2. The van der Waals surface area contributed by atoms with Crippen molar-refractivity contribution >= 4 is 40.7 Å². The SMILES string of the molecule is O=C(C1CCN(c2ncc(C(F)(F)F)cc2Cl)CC1)N1CCN(c2ncccc2Cl)CC1. The first kappa shape index (κ1) is 22.9. The molecule has 0 aliphatic carbocycles. The normalized spacial score (nSPS) is 18.2. The Kier molecular flexibility index (Phi) is 6.67. The van der Waals surface area contributed by atoms with Gasteiger partial charge in [0.2, 0.25) is 5.91 Å². The number of nitrogens with zero attached hydrogens (tertiary/aromatic N) is 5. The van der Waals surface area contributed by atoms with Crippen LogP contribution >= 0.6 is 23.2 Å². The maximum absolute atomic E-state index is 13.0. The molecule has 6 nitrogen and oxygen atoms in total. The summed E-state index contributed by atoms with van der Waals surface area (Å²) in [6.07, 6.45) is -0.787. The van der Waals surface area contributed by atoms with Crippen LogP contribution < -0.4 is 9.80 Å². The van der Waals surface area contributed by atoms with Crippen LogP contribution in [-0.4, -0.2) is 60.0 Å². The Labute approximate surface area is 193 Å². The average molecular weight is 488 g/mol. The van der Waals surface area contributed by atoms with E-state index in [0.29, 0.717) is 63.0 Å². The molecule has 0 radical (unpaired) electrons. The highest BCUT2D eigenvalue weighted by Gasteiger charge is 2.34. The second kappa shape index (κ2) is 9.31. The summed E-state index contributed by atoms with van der Waals surface area (Å²) in [6.45, 7) is 3.53. The highest BCUT2D eigenvalue weighted by molar-refractivity contribution is 6.33. The minimum absolute atomic E-state index is 0.0334. The third kappa shape index (κ3) is 4.88. The molecule has 0 aromatic carbocycles. The van der Waals surface area contributed by atoms with Gasteiger partial charge in [-0.25, -0.2) is 9.97 Å². The van der Waals surface area contributed by atoms with E-state index in [1.807, 2.05) is 9.80 Å². The summed E-state index contributed by atoms with van der Waals surface area (Å²) in [5, 5.41) is 0.559. The molecule has 0 atom stereocenters. The van der Waals surface area contributed by atoms with E-state index < -0.39 is 11.7 Å². The molecule has 4 rings (SSSR count). The van der Waals surface area contributed by atoms with Crippen molar-refractivity contribution in [3.8, 4) is 0 Å². The van der Waals surface area contributed by atoms with Gasteiger partial charge in [-0.1, -0.05) is 23.2 Å². The molecule has 172 valence electrons. The van der Waals surface area contributed by atoms with Crippen LogP contribution in [0.1, 0.15) is 18.4 Å². The highest BCUT2D eigenvalue weighted by Crippen LogP contribution is 2.35. The molecule has 0 N–H and O–H groups in total. The summed E-state index contributed by atoms with van der Waals surface area (Å²) in [5.74, 6) is 1.05. The van der Waals surface area contributed by atoms with Crippen LogP contribution in [0.25, 0.3) is 0 Å². The lowest BCUT2D eigenvalue weighted by Crippen LogP contribution is -2.52. The van der Waals surface area contributed by atoms with Gasteiger partial charge in [0.05, 0.1) is 15.6 Å². The third-order valence-corrected chi connectivity index (χ3v) is 6.50. The van der Waals surface area contributed by atoms with Gasteiger partial charge < -0.3 is 14.7 Å². The molecular weight excluding hydrogens is 466 g/mol. The first-order valence-electron chi connectivity index (χ1n) is 10.4. The Hall–Kier alpha value is -2.26. The fourth-order valence-corrected chi connectivity index (χ4v) is 4.69. The third-order valence-electron chi connectivity index (χ3n) is 5.92. The van der Waals surface area contributed by atoms with Gasteiger partial charge in [0, 0.05) is 57.6 Å². The average Bonchev–Trinajstić information content (AvgIpc) is 2.79. The van der Waals surface area contributed by atoms with Gasteiger partial charge in [0.1, 0.15) is 11.6 Å². The number of pyridine rings is 2. The summed E-state index contributed by atoms with van der Waals surface area (Å²) in [7, 11) is 0. The summed E-state index contributed by atoms with van der Waals surface area (Å²) in [5.41, 5.74) is -0.873. The molecule has 0 unspecified atom stereocenters. The second-order valence-electron chi connectivity index (χ2n) is 7.91. The van der Waals surface area contributed by atoms with E-state index in [2.05, 4.69) is 14.9 Å². The van der Waals surface area contributed by atoms with Gasteiger partial charge in [-0.3, -0.25) is 4.79 Å². The fourth-order valence-electron chi connectivity index (χ4n) is 4.16. The van der Waals surface area contributed by atoms with E-state index in [0.717, 1.165) is 18.1 Å². The maximum atomic E-state index is 13.0. The molecule has 2 fully saturated rings. The highest BCUT2D eigenvalue weighted by atomic mass is 35.5. The predicted molar refractivity (Wildman–Crippen MR) is 117 cm³/mol. The lowest BCUT2D eigenvalue weighted by atomic mass is 9.95. The minimum atomic E-state index is -4.49. The van der Waals surface area contributed by atoms with Crippen molar-refractivity contribution in [2.45, 2.75) is 19.0 Å². The molecule has 0 saturated carbocycles. The zero-order valence-electron chi connectivity index (χ0n) is 17.2. The van der Waals surface area contributed by atoms with E-state index in [1.165, 1.54) is 0 Å². The Morgan fingerprint density at radius 2 is 1.56 bits per heavy atom. The standard InChI is InChI=1S/C21H22Cl2F3N5O/c22-16-2-1-5-27-18(16)30-8-10-31(11-9-30)20(32)14-3-6-29(7-4-14)19-17(23)12-15(13-28-19)21(24,25)26/h1-2,5,12-14H,3-4,6-11H2. The van der Waals surface area contributed by atoms with E-state index in [1.54, 1.807) is 18.3 Å². The molecule has 1 amide bonds. The van der Waals surface area contributed by atoms with E-state index in [4.69, 9.17) is 23.2 Å². The summed E-state index contributed by atoms with van der Waals surface area (Å²) in [4.78, 5) is 27.1. The van der Waals surface area contributed by atoms with Crippen molar-refractivity contribution in [2.24, 2.45) is 5.92 Å². The van der Waals surface area contributed by atoms with Gasteiger partial charge in [0.25, 0.3) is 0 Å². The number of rotatable bonds is 3. The number of hydrogen-bond acceptors (Lipinski definition) is 5. The maximum Gasteiger partial charge on any atom is 0.417 e. The largest absolute Gasteiger partial charge is 0.417 e. The number of carbonyl (C=O) groups excluding carboxylic acids is 1. The van der Waals surface area contributed by atoms with E-state index in [-0.39, 0.29) is 16.8 Å². The van der Waals surface area contributed by atoms with Crippen LogP contribution in [0.2, 0.25) is 10.0 Å². The number of halogens is 5. The monoisotopic (exact) mass is 487 g/mol. The number of hydrogen-bond donors (Lipinski definition) is 0. The Morgan fingerprint density at radius 1 is 0.938 bits per heavy atom. The zero-order chi connectivity index (χ0) is 22.9. The van der Waals surface area contributed by atoms with Gasteiger partial charge >= 0.3 is 6.18 Å². The van der Waals surface area contributed by atoms with Crippen LogP contribution in [-0.2, 0) is 11.0 Å². The number of anilines is 2. The van der Waals surface area contributed by atoms with Crippen molar-refractivity contribution in [3.63, 3.8) is 0 Å². The molecule has 2 aliphatic heterocycles. The number of piperazine rings is 1. The predicted octanol–water partition coefficient (Wildman–Crippen LogP) is 4.37. The van der Waals surface area contributed by atoms with Crippen molar-refractivity contribution in [2.75, 3.05) is 49.1 Å². The molecule has 2 aromatic heterocycles. The number of alkyl halides is 3. The Bertz CT molecular complexity index is 974. The minimum Gasteiger partial charge on any atom is -0.355 e. The summed E-state index contributed by atoms with van der Waals surface area (Å²) in [6, 6.07) is 4.48. The van der Waals surface area contributed by atoms with Gasteiger partial charge in [-0.2, -0.15) is 13.2 Å². The molecular formula is C21H22Cl2F3N5O. The van der Waals surface area contributed by atoms with Crippen LogP contribution in [0.5, 0.6) is 0 Å². The van der Waals surface area contributed by atoms with E-state index >= 15 is 0 Å². The van der Waals surface area contributed by atoms with Crippen molar-refractivity contribution in [1.29, 1.82) is 0 Å².